The van der Waals surface area contributed by atoms with Crippen LogP contribution in [0.2, 0.25) is 0 Å². The monoisotopic (exact) mass is 361 g/mol. The van der Waals surface area contributed by atoms with E-state index in [4.69, 9.17) is 5.73 Å². The lowest BCUT2D eigenvalue weighted by molar-refractivity contribution is 0.0827. The zero-order chi connectivity index (χ0) is 19.6. The number of anilines is 1. The van der Waals surface area contributed by atoms with Gasteiger partial charge in [-0.15, -0.1) is 0 Å². The summed E-state index contributed by atoms with van der Waals surface area (Å²) < 4.78 is 0. The van der Waals surface area contributed by atoms with Gasteiger partial charge in [-0.1, -0.05) is 31.2 Å². The molecule has 3 rings (SSSR count). The average molecular weight is 361 g/mol. The highest BCUT2D eigenvalue weighted by Crippen LogP contribution is 2.36. The van der Waals surface area contributed by atoms with E-state index < -0.39 is 0 Å². The molecule has 3 N–H and O–H groups in total. The number of nitrogen functional groups attached to an aromatic ring is 1. The Morgan fingerprint density at radius 3 is 2.19 bits per heavy atom. The van der Waals surface area contributed by atoms with E-state index >= 15 is 0 Å². The van der Waals surface area contributed by atoms with Crippen molar-refractivity contribution in [2.45, 2.75) is 13.3 Å². The minimum atomic E-state index is -0.0301. The van der Waals surface area contributed by atoms with Crippen LogP contribution in [0.3, 0.4) is 0 Å². The maximum Gasteiger partial charge on any atom is 0.253 e. The van der Waals surface area contributed by atoms with Gasteiger partial charge in [0, 0.05) is 37.0 Å². The molecule has 0 aliphatic rings. The number of amides is 1. The third-order valence-electron chi connectivity index (χ3n) is 4.57. The molecule has 3 aromatic rings. The summed E-state index contributed by atoms with van der Waals surface area (Å²) in [5.41, 5.74) is 11.7. The molecule has 0 aliphatic heterocycles. The number of hydrogen-bond acceptors (Lipinski definition) is 4. The molecular formula is C22H23N3O2. The van der Waals surface area contributed by atoms with E-state index in [1.54, 1.807) is 37.3 Å². The number of rotatable bonds is 4. The summed E-state index contributed by atoms with van der Waals surface area (Å²) in [6, 6.07) is 14.5. The number of aromatic nitrogens is 1. The van der Waals surface area contributed by atoms with Crippen molar-refractivity contribution in [3.63, 3.8) is 0 Å². The smallest absolute Gasteiger partial charge is 0.253 e. The van der Waals surface area contributed by atoms with E-state index in [1.165, 1.54) is 0 Å². The predicted octanol–water partition coefficient (Wildman–Crippen LogP) is 3.97. The van der Waals surface area contributed by atoms with Crippen LogP contribution in [0.5, 0.6) is 5.75 Å². The molecule has 0 unspecified atom stereocenters. The minimum Gasteiger partial charge on any atom is -0.508 e. The van der Waals surface area contributed by atoms with Crippen molar-refractivity contribution in [2.75, 3.05) is 19.8 Å². The minimum absolute atomic E-state index is 0.0301. The SMILES string of the molecule is CCc1c(-c2ccc(C(=O)N(C)C)cc2)cnc(N)c1-c1ccc(O)cc1. The van der Waals surface area contributed by atoms with Crippen molar-refractivity contribution in [1.29, 1.82) is 0 Å². The van der Waals surface area contributed by atoms with Gasteiger partial charge in [0.15, 0.2) is 0 Å². The molecule has 138 valence electrons. The molecule has 1 heterocycles. The second kappa shape index (κ2) is 7.50. The molecule has 1 amide bonds. The summed E-state index contributed by atoms with van der Waals surface area (Å²) in [5.74, 6) is 0.638. The fourth-order valence-electron chi connectivity index (χ4n) is 3.18. The van der Waals surface area contributed by atoms with Gasteiger partial charge in [0.2, 0.25) is 0 Å². The molecule has 2 aromatic carbocycles. The molecule has 0 spiro atoms. The Morgan fingerprint density at radius 1 is 1.04 bits per heavy atom. The number of carbonyl (C=O) groups is 1. The van der Waals surface area contributed by atoms with E-state index in [9.17, 15) is 9.90 Å². The number of nitrogens with two attached hydrogens (primary N) is 1. The van der Waals surface area contributed by atoms with Crippen LogP contribution in [0.15, 0.2) is 54.7 Å². The maximum atomic E-state index is 12.1. The average Bonchev–Trinajstić information content (AvgIpc) is 2.68. The molecule has 0 saturated carbocycles. The lowest BCUT2D eigenvalue weighted by Crippen LogP contribution is -2.21. The van der Waals surface area contributed by atoms with Crippen molar-refractivity contribution in [1.82, 2.24) is 9.88 Å². The van der Waals surface area contributed by atoms with Gasteiger partial charge in [0.1, 0.15) is 11.6 Å². The second-order valence-electron chi connectivity index (χ2n) is 6.59. The topological polar surface area (TPSA) is 79.5 Å². The number of benzene rings is 2. The maximum absolute atomic E-state index is 12.1. The van der Waals surface area contributed by atoms with Crippen molar-refractivity contribution in [3.8, 4) is 28.0 Å². The summed E-state index contributed by atoms with van der Waals surface area (Å²) in [5, 5.41) is 9.56. The molecule has 27 heavy (non-hydrogen) atoms. The molecule has 1 aromatic heterocycles. The summed E-state index contributed by atoms with van der Waals surface area (Å²) in [7, 11) is 3.47. The summed E-state index contributed by atoms with van der Waals surface area (Å²) in [6.07, 6.45) is 2.55. The van der Waals surface area contributed by atoms with E-state index in [0.717, 1.165) is 34.2 Å². The fourth-order valence-corrected chi connectivity index (χ4v) is 3.18. The second-order valence-corrected chi connectivity index (χ2v) is 6.59. The molecule has 0 saturated heterocycles. The van der Waals surface area contributed by atoms with Crippen LogP contribution in [0.1, 0.15) is 22.8 Å². The van der Waals surface area contributed by atoms with Crippen molar-refractivity contribution in [2.24, 2.45) is 0 Å². The highest BCUT2D eigenvalue weighted by molar-refractivity contribution is 5.94. The predicted molar refractivity (Wildman–Crippen MR) is 109 cm³/mol. The van der Waals surface area contributed by atoms with Gasteiger partial charge in [0.05, 0.1) is 0 Å². The first kappa shape index (κ1) is 18.5. The van der Waals surface area contributed by atoms with Crippen LogP contribution < -0.4 is 5.73 Å². The van der Waals surface area contributed by atoms with Crippen LogP contribution in [0.25, 0.3) is 22.3 Å². The molecule has 0 atom stereocenters. The third-order valence-corrected chi connectivity index (χ3v) is 4.57. The van der Waals surface area contributed by atoms with Gasteiger partial charge < -0.3 is 15.7 Å². The highest BCUT2D eigenvalue weighted by atomic mass is 16.3. The summed E-state index contributed by atoms with van der Waals surface area (Å²) >= 11 is 0. The number of aromatic hydroxyl groups is 1. The number of hydrogen-bond donors (Lipinski definition) is 2. The Hall–Kier alpha value is -3.34. The Balaban J connectivity index is 2.10. The molecule has 0 radical (unpaired) electrons. The Morgan fingerprint density at radius 2 is 1.63 bits per heavy atom. The van der Waals surface area contributed by atoms with Gasteiger partial charge >= 0.3 is 0 Å². The standard InChI is InChI=1S/C22H23N3O2/c1-4-18-19(14-5-7-16(8-6-14)22(27)25(2)3)13-24-21(23)20(18)15-9-11-17(26)12-10-15/h5-13,26H,4H2,1-3H3,(H2,23,24). The van der Waals surface area contributed by atoms with Crippen molar-refractivity contribution >= 4 is 11.7 Å². The zero-order valence-electron chi connectivity index (χ0n) is 15.7. The van der Waals surface area contributed by atoms with Gasteiger partial charge in [-0.3, -0.25) is 4.79 Å². The van der Waals surface area contributed by atoms with Gasteiger partial charge in [0.25, 0.3) is 5.91 Å². The first-order valence-electron chi connectivity index (χ1n) is 8.81. The van der Waals surface area contributed by atoms with Crippen LogP contribution in [0.4, 0.5) is 5.82 Å². The highest BCUT2D eigenvalue weighted by Gasteiger charge is 2.16. The van der Waals surface area contributed by atoms with E-state index in [1.807, 2.05) is 36.4 Å². The van der Waals surface area contributed by atoms with Crippen LogP contribution >= 0.6 is 0 Å². The van der Waals surface area contributed by atoms with E-state index in [2.05, 4.69) is 11.9 Å². The number of pyridine rings is 1. The van der Waals surface area contributed by atoms with Crippen LogP contribution in [-0.4, -0.2) is 35.0 Å². The molecule has 0 fully saturated rings. The fraction of sp³-hybridized carbons (Fsp3) is 0.182. The molecule has 0 bridgehead atoms. The lowest BCUT2D eigenvalue weighted by atomic mass is 9.91. The number of phenols is 1. The normalized spacial score (nSPS) is 10.6. The van der Waals surface area contributed by atoms with Crippen LogP contribution in [0, 0.1) is 0 Å². The zero-order valence-corrected chi connectivity index (χ0v) is 15.7. The van der Waals surface area contributed by atoms with Gasteiger partial charge in [-0.25, -0.2) is 4.98 Å². The van der Waals surface area contributed by atoms with Crippen molar-refractivity contribution < 1.29 is 9.90 Å². The number of nitrogens with zero attached hydrogens (tertiary/aromatic N) is 2. The van der Waals surface area contributed by atoms with E-state index in [-0.39, 0.29) is 11.7 Å². The van der Waals surface area contributed by atoms with Crippen LogP contribution in [-0.2, 0) is 6.42 Å². The van der Waals surface area contributed by atoms with Crippen molar-refractivity contribution in [3.05, 3.63) is 65.9 Å². The lowest BCUT2D eigenvalue weighted by Gasteiger charge is -2.16. The first-order valence-corrected chi connectivity index (χ1v) is 8.81. The Kier molecular flexibility index (Phi) is 5.12. The number of carbonyl (C=O) groups excluding carboxylic acids is 1. The van der Waals surface area contributed by atoms with E-state index in [0.29, 0.717) is 11.4 Å². The quantitative estimate of drug-likeness (QED) is 0.737. The molecule has 0 aliphatic carbocycles. The largest absolute Gasteiger partial charge is 0.508 e. The number of phenolic OH excluding ortho intramolecular Hbond substituents is 1. The molecule has 5 heteroatoms. The Labute approximate surface area is 159 Å². The first-order chi connectivity index (χ1) is 12.9. The third kappa shape index (κ3) is 3.62. The molecular weight excluding hydrogens is 338 g/mol. The summed E-state index contributed by atoms with van der Waals surface area (Å²) in [6.45, 7) is 2.08. The van der Waals surface area contributed by atoms with Gasteiger partial charge in [-0.05, 0) is 47.4 Å². The Bertz CT molecular complexity index is 962. The summed E-state index contributed by atoms with van der Waals surface area (Å²) in [4.78, 5) is 18.0. The molecule has 5 nitrogen and oxygen atoms in total. The van der Waals surface area contributed by atoms with Gasteiger partial charge in [-0.2, -0.15) is 0 Å².